The van der Waals surface area contributed by atoms with E-state index in [4.69, 9.17) is 4.84 Å². The first-order valence-electron chi connectivity index (χ1n) is 10.7. The van der Waals surface area contributed by atoms with E-state index in [0.717, 1.165) is 19.3 Å². The van der Waals surface area contributed by atoms with Crippen LogP contribution in [0.4, 0.5) is 0 Å². The number of Topliss-reactive ketones (excluding diaryl/α,β-unsaturated/α-hetero) is 1. The first-order chi connectivity index (χ1) is 15.6. The molecule has 0 aliphatic rings. The average molecular weight is 428 g/mol. The van der Waals surface area contributed by atoms with E-state index in [1.807, 2.05) is 6.07 Å². The van der Waals surface area contributed by atoms with Gasteiger partial charge in [-0.25, -0.2) is 4.79 Å². The number of hydrogen-bond donors (Lipinski definition) is 0. The van der Waals surface area contributed by atoms with Crippen LogP contribution in [0.5, 0.6) is 0 Å². The maximum atomic E-state index is 13.0. The molecule has 3 aromatic carbocycles. The van der Waals surface area contributed by atoms with Gasteiger partial charge in [-0.2, -0.15) is 0 Å². The lowest BCUT2D eigenvalue weighted by Gasteiger charge is -2.07. The minimum Gasteiger partial charge on any atom is -0.312 e. The van der Waals surface area contributed by atoms with Crippen LogP contribution < -0.4 is 0 Å². The van der Waals surface area contributed by atoms with E-state index in [0.29, 0.717) is 28.7 Å². The van der Waals surface area contributed by atoms with Crippen LogP contribution in [0.3, 0.4) is 0 Å². The zero-order chi connectivity index (χ0) is 22.8. The minimum absolute atomic E-state index is 0.113. The molecule has 3 aromatic rings. The molecule has 0 fully saturated rings. The molecule has 3 rings (SSSR count). The van der Waals surface area contributed by atoms with Crippen LogP contribution in [0.25, 0.3) is 0 Å². The lowest BCUT2D eigenvalue weighted by Crippen LogP contribution is -2.16. The van der Waals surface area contributed by atoms with Gasteiger partial charge in [0.15, 0.2) is 5.78 Å². The largest absolute Gasteiger partial charge is 0.365 e. The standard InChI is InChI=1S/C27H25NO4/c1-2-3-6-15-24(28-32-27(31)23-13-9-5-10-14-23)26(30)22-18-16-21(17-19-22)25(29)20-11-7-4-8-12-20/h4-5,7-14,16-19H,2-3,6,15H2,1H3. The molecule has 0 saturated carbocycles. The van der Waals surface area contributed by atoms with Gasteiger partial charge in [-0.15, -0.1) is 0 Å². The van der Waals surface area contributed by atoms with Gasteiger partial charge in [0.1, 0.15) is 5.71 Å². The summed E-state index contributed by atoms with van der Waals surface area (Å²) in [6, 6.07) is 23.9. The van der Waals surface area contributed by atoms with E-state index in [1.165, 1.54) is 0 Å². The Kier molecular flexibility index (Phi) is 8.21. The van der Waals surface area contributed by atoms with Crippen molar-refractivity contribution in [3.63, 3.8) is 0 Å². The Morgan fingerprint density at radius 2 is 1.22 bits per heavy atom. The van der Waals surface area contributed by atoms with Gasteiger partial charge in [-0.3, -0.25) is 9.59 Å². The van der Waals surface area contributed by atoms with E-state index in [2.05, 4.69) is 12.1 Å². The summed E-state index contributed by atoms with van der Waals surface area (Å²) in [6.45, 7) is 2.07. The molecule has 0 heterocycles. The van der Waals surface area contributed by atoms with Crippen LogP contribution in [-0.2, 0) is 4.84 Å². The van der Waals surface area contributed by atoms with Crippen molar-refractivity contribution < 1.29 is 19.2 Å². The van der Waals surface area contributed by atoms with Crippen LogP contribution in [0, 0.1) is 0 Å². The third kappa shape index (κ3) is 6.08. The summed E-state index contributed by atoms with van der Waals surface area (Å²) in [6.07, 6.45) is 3.08. The summed E-state index contributed by atoms with van der Waals surface area (Å²) in [5.74, 6) is -1.05. The minimum atomic E-state index is -0.616. The Bertz CT molecular complexity index is 1090. The highest BCUT2D eigenvalue weighted by Gasteiger charge is 2.17. The van der Waals surface area contributed by atoms with Gasteiger partial charge in [0.25, 0.3) is 0 Å². The molecule has 0 aliphatic heterocycles. The second-order valence-electron chi connectivity index (χ2n) is 7.34. The molecular weight excluding hydrogens is 402 g/mol. The lowest BCUT2D eigenvalue weighted by atomic mass is 9.98. The fourth-order valence-electron chi connectivity index (χ4n) is 3.16. The van der Waals surface area contributed by atoms with Crippen molar-refractivity contribution in [1.82, 2.24) is 0 Å². The number of rotatable bonds is 10. The van der Waals surface area contributed by atoms with Gasteiger partial charge < -0.3 is 4.84 Å². The van der Waals surface area contributed by atoms with Crippen LogP contribution in [0.1, 0.15) is 69.2 Å². The number of unbranched alkanes of at least 4 members (excludes halogenated alkanes) is 2. The predicted octanol–water partition coefficient (Wildman–Crippen LogP) is 5.89. The van der Waals surface area contributed by atoms with Crippen LogP contribution in [0.2, 0.25) is 0 Å². The van der Waals surface area contributed by atoms with Crippen LogP contribution in [0.15, 0.2) is 90.1 Å². The summed E-state index contributed by atoms with van der Waals surface area (Å²) >= 11 is 0. The molecule has 5 heteroatoms. The molecule has 0 saturated heterocycles. The van der Waals surface area contributed by atoms with Gasteiger partial charge >= 0.3 is 5.97 Å². The summed E-state index contributed by atoms with van der Waals surface area (Å²) in [5.41, 5.74) is 2.01. The molecule has 162 valence electrons. The molecule has 0 radical (unpaired) electrons. The Hall–Kier alpha value is -3.86. The maximum absolute atomic E-state index is 13.0. The van der Waals surface area contributed by atoms with Gasteiger partial charge in [0.05, 0.1) is 5.56 Å². The van der Waals surface area contributed by atoms with Gasteiger partial charge in [0.2, 0.25) is 5.78 Å². The second-order valence-corrected chi connectivity index (χ2v) is 7.34. The molecule has 0 bridgehead atoms. The summed E-state index contributed by atoms with van der Waals surface area (Å²) in [4.78, 5) is 42.9. The van der Waals surface area contributed by atoms with Crippen molar-refractivity contribution in [2.45, 2.75) is 32.6 Å². The monoisotopic (exact) mass is 427 g/mol. The quantitative estimate of drug-likeness (QED) is 0.133. The fraction of sp³-hybridized carbons (Fsp3) is 0.185. The molecule has 5 nitrogen and oxygen atoms in total. The number of ketones is 2. The Balaban J connectivity index is 1.76. The number of hydrogen-bond acceptors (Lipinski definition) is 5. The first-order valence-corrected chi connectivity index (χ1v) is 10.7. The molecule has 0 unspecified atom stereocenters. The number of carbonyl (C=O) groups excluding carboxylic acids is 3. The number of carbonyl (C=O) groups is 3. The molecule has 0 N–H and O–H groups in total. The second kappa shape index (κ2) is 11.5. The number of oxime groups is 1. The zero-order valence-electron chi connectivity index (χ0n) is 18.0. The van der Waals surface area contributed by atoms with Crippen molar-refractivity contribution in [2.24, 2.45) is 5.16 Å². The highest BCUT2D eigenvalue weighted by atomic mass is 16.7. The zero-order valence-corrected chi connectivity index (χ0v) is 18.0. The molecule has 0 spiro atoms. The van der Waals surface area contributed by atoms with Crippen molar-refractivity contribution in [2.75, 3.05) is 0 Å². The van der Waals surface area contributed by atoms with E-state index < -0.39 is 5.97 Å². The smallest absolute Gasteiger partial charge is 0.312 e. The van der Waals surface area contributed by atoms with Crippen molar-refractivity contribution in [3.8, 4) is 0 Å². The Labute approximate surface area is 187 Å². The summed E-state index contributed by atoms with van der Waals surface area (Å²) in [5, 5.41) is 3.90. The average Bonchev–Trinajstić information content (AvgIpc) is 2.86. The Morgan fingerprint density at radius 1 is 0.688 bits per heavy atom. The van der Waals surface area contributed by atoms with Crippen molar-refractivity contribution >= 4 is 23.2 Å². The topological polar surface area (TPSA) is 72.8 Å². The third-order valence-electron chi connectivity index (χ3n) is 4.97. The lowest BCUT2D eigenvalue weighted by molar-refractivity contribution is 0.0514. The summed E-state index contributed by atoms with van der Waals surface area (Å²) < 4.78 is 0. The molecule has 0 aliphatic carbocycles. The number of benzene rings is 3. The van der Waals surface area contributed by atoms with Crippen molar-refractivity contribution in [1.29, 1.82) is 0 Å². The predicted molar refractivity (Wildman–Crippen MR) is 124 cm³/mol. The molecule has 0 amide bonds. The van der Waals surface area contributed by atoms with E-state index in [1.54, 1.807) is 78.9 Å². The number of nitrogens with zero attached hydrogens (tertiary/aromatic N) is 1. The molecule has 0 atom stereocenters. The van der Waals surface area contributed by atoms with Gasteiger partial charge in [0, 0.05) is 16.7 Å². The fourth-order valence-corrected chi connectivity index (χ4v) is 3.16. The van der Waals surface area contributed by atoms with Gasteiger partial charge in [-0.05, 0) is 25.0 Å². The van der Waals surface area contributed by atoms with Crippen LogP contribution >= 0.6 is 0 Å². The van der Waals surface area contributed by atoms with Crippen molar-refractivity contribution in [3.05, 3.63) is 107 Å². The van der Waals surface area contributed by atoms with E-state index in [9.17, 15) is 14.4 Å². The van der Waals surface area contributed by atoms with E-state index >= 15 is 0 Å². The van der Waals surface area contributed by atoms with E-state index in [-0.39, 0.29) is 17.3 Å². The first kappa shape index (κ1) is 22.8. The van der Waals surface area contributed by atoms with Gasteiger partial charge in [-0.1, -0.05) is 97.7 Å². The SMILES string of the molecule is CCCCCC(=NOC(=O)c1ccccc1)C(=O)c1ccc(C(=O)c2ccccc2)cc1. The maximum Gasteiger partial charge on any atom is 0.365 e. The highest BCUT2D eigenvalue weighted by Crippen LogP contribution is 2.14. The van der Waals surface area contributed by atoms with Crippen LogP contribution in [-0.4, -0.2) is 23.2 Å². The highest BCUT2D eigenvalue weighted by molar-refractivity contribution is 6.46. The molecule has 0 aromatic heterocycles. The normalized spacial score (nSPS) is 11.1. The molecule has 32 heavy (non-hydrogen) atoms. The molecular formula is C27H25NO4. The third-order valence-corrected chi connectivity index (χ3v) is 4.97. The Morgan fingerprint density at radius 3 is 1.81 bits per heavy atom. The summed E-state index contributed by atoms with van der Waals surface area (Å²) in [7, 11) is 0.